The number of rotatable bonds is 6. The highest BCUT2D eigenvalue weighted by Crippen LogP contribution is 2.26. The molecule has 4 amide bonds. The van der Waals surface area contributed by atoms with Crippen molar-refractivity contribution in [3.05, 3.63) is 53.6 Å². The number of carbonyl (C=O) groups is 3. The highest BCUT2D eigenvalue weighted by molar-refractivity contribution is 6.34. The van der Waals surface area contributed by atoms with Crippen LogP contribution in [0.25, 0.3) is 0 Å². The van der Waals surface area contributed by atoms with Crippen molar-refractivity contribution in [1.82, 2.24) is 19.6 Å². The van der Waals surface area contributed by atoms with Gasteiger partial charge in [0.15, 0.2) is 6.10 Å². The van der Waals surface area contributed by atoms with Crippen LogP contribution in [-0.4, -0.2) is 126 Å². The number of nitrogens with one attached hydrogen (secondary N) is 1. The van der Waals surface area contributed by atoms with E-state index in [0.29, 0.717) is 63.7 Å². The van der Waals surface area contributed by atoms with Crippen LogP contribution in [0.2, 0.25) is 0 Å². The van der Waals surface area contributed by atoms with Gasteiger partial charge in [0, 0.05) is 63.5 Å². The minimum atomic E-state index is -1.04. The second kappa shape index (κ2) is 14.3. The van der Waals surface area contributed by atoms with Gasteiger partial charge in [-0.05, 0) is 74.8 Å². The Morgan fingerprint density at radius 2 is 1.65 bits per heavy atom. The summed E-state index contributed by atoms with van der Waals surface area (Å²) < 4.78 is 5.96. The van der Waals surface area contributed by atoms with Crippen LogP contribution < -0.4 is 10.8 Å². The Kier molecular flexibility index (Phi) is 10.0. The number of hydrogen-bond acceptors (Lipinski definition) is 7. The first kappa shape index (κ1) is 32.2. The molecule has 2 aromatic carbocycles. The van der Waals surface area contributed by atoms with Crippen molar-refractivity contribution >= 4 is 37.0 Å². The molecule has 6 rings (SSSR count). The number of likely N-dealkylation sites (tertiary alicyclic amines) is 3. The van der Waals surface area contributed by atoms with Crippen molar-refractivity contribution in [2.24, 2.45) is 0 Å². The maximum atomic E-state index is 13.9. The number of benzene rings is 2. The van der Waals surface area contributed by atoms with E-state index in [1.807, 2.05) is 29.2 Å². The van der Waals surface area contributed by atoms with E-state index in [0.717, 1.165) is 49.9 Å². The quantitative estimate of drug-likeness (QED) is 0.419. The number of phenolic OH excluding ortho intramolecular Hbond substituents is 1. The lowest BCUT2D eigenvalue weighted by Crippen LogP contribution is -2.53. The third-order valence-corrected chi connectivity index (χ3v) is 10.1. The first-order valence-electron chi connectivity index (χ1n) is 16.6. The summed E-state index contributed by atoms with van der Waals surface area (Å²) in [5, 5.41) is 23.1. The Bertz CT molecular complexity index is 1410. The second-order valence-electron chi connectivity index (χ2n) is 13.1. The molecular formula is C34H44BN5O6. The number of urea groups is 1. The van der Waals surface area contributed by atoms with Crippen LogP contribution in [0, 0.1) is 0 Å². The molecule has 3 fully saturated rings. The topological polar surface area (TPSA) is 126 Å². The summed E-state index contributed by atoms with van der Waals surface area (Å²) >= 11 is 0. The molecule has 244 valence electrons. The van der Waals surface area contributed by atoms with E-state index in [1.54, 1.807) is 21.9 Å². The maximum absolute atomic E-state index is 13.9. The number of aromatic hydroxyl groups is 1. The minimum absolute atomic E-state index is 0.00178. The van der Waals surface area contributed by atoms with Crippen LogP contribution in [0.5, 0.6) is 5.75 Å². The van der Waals surface area contributed by atoms with Crippen LogP contribution >= 0.6 is 0 Å². The first-order chi connectivity index (χ1) is 22.2. The second-order valence-corrected chi connectivity index (χ2v) is 13.1. The van der Waals surface area contributed by atoms with Gasteiger partial charge in [-0.2, -0.15) is 0 Å². The zero-order chi connectivity index (χ0) is 32.2. The number of nitrogens with zero attached hydrogens (tertiary/aromatic N) is 4. The number of aliphatic hydroxyl groups excluding tert-OH is 1. The summed E-state index contributed by atoms with van der Waals surface area (Å²) in [5.41, 5.74) is 2.84. The summed E-state index contributed by atoms with van der Waals surface area (Å²) in [5.74, 6) is -0.286. The molecule has 11 nitrogen and oxygen atoms in total. The fraction of sp³-hybridized carbons (Fsp3) is 0.559. The standard InChI is InChI=1S/C34H44BN5O6/c35-28-20-23(7-8-30(28)42)21-31(32(43)37-15-10-25(11-16-37)39-14-3-5-27(41)22-39)46-34(45)38-17-12-26(13-18-38)40-19-9-24-4-1-2-6-29(24)36-33(40)44/h1-2,4,6-8,20,25-27,31,41-42H,3,5,9-19,21-22H2,(H,36,44)/t27-,31-/m1/s1. The molecule has 2 radical (unpaired) electrons. The fourth-order valence-corrected chi connectivity index (χ4v) is 7.39. The van der Waals surface area contributed by atoms with Crippen molar-refractivity contribution in [1.29, 1.82) is 0 Å². The summed E-state index contributed by atoms with van der Waals surface area (Å²) in [6.07, 6.45) is 3.66. The smallest absolute Gasteiger partial charge is 0.410 e. The average Bonchev–Trinajstić information content (AvgIpc) is 3.24. The first-order valence-corrected chi connectivity index (χ1v) is 16.6. The van der Waals surface area contributed by atoms with Crippen molar-refractivity contribution in [3.63, 3.8) is 0 Å². The zero-order valence-corrected chi connectivity index (χ0v) is 26.4. The van der Waals surface area contributed by atoms with E-state index >= 15 is 0 Å². The Balaban J connectivity index is 1.07. The van der Waals surface area contributed by atoms with E-state index in [4.69, 9.17) is 12.6 Å². The third kappa shape index (κ3) is 7.44. The van der Waals surface area contributed by atoms with E-state index in [-0.39, 0.29) is 41.7 Å². The van der Waals surface area contributed by atoms with Gasteiger partial charge in [-0.1, -0.05) is 35.8 Å². The van der Waals surface area contributed by atoms with E-state index < -0.39 is 12.2 Å². The molecule has 0 spiro atoms. The molecule has 4 aliphatic heterocycles. The van der Waals surface area contributed by atoms with E-state index in [9.17, 15) is 24.6 Å². The molecule has 0 unspecified atom stereocenters. The Hall–Kier alpha value is -3.77. The molecule has 0 aromatic heterocycles. The monoisotopic (exact) mass is 629 g/mol. The number of amides is 4. The molecule has 2 atom stereocenters. The number of carbonyl (C=O) groups excluding carboxylic acids is 3. The highest BCUT2D eigenvalue weighted by Gasteiger charge is 2.36. The van der Waals surface area contributed by atoms with E-state index in [1.165, 1.54) is 6.07 Å². The lowest BCUT2D eigenvalue weighted by molar-refractivity contribution is -0.142. The Morgan fingerprint density at radius 3 is 2.39 bits per heavy atom. The Morgan fingerprint density at radius 1 is 0.935 bits per heavy atom. The molecule has 4 heterocycles. The van der Waals surface area contributed by atoms with Gasteiger partial charge in [-0.15, -0.1) is 0 Å². The van der Waals surface area contributed by atoms with Gasteiger partial charge in [0.05, 0.1) is 6.10 Å². The molecule has 0 aliphatic carbocycles. The molecule has 0 bridgehead atoms. The molecule has 3 saturated heterocycles. The molecular weight excluding hydrogens is 585 g/mol. The SMILES string of the molecule is [B]c1cc(C[C@@H](OC(=O)N2CCC(N3CCc4ccccc4NC3=O)CC2)C(=O)N2CCC(N3CCC[C@@H](O)C3)CC2)ccc1O. The summed E-state index contributed by atoms with van der Waals surface area (Å²) in [7, 11) is 5.93. The van der Waals surface area contributed by atoms with Gasteiger partial charge >= 0.3 is 12.1 Å². The van der Waals surface area contributed by atoms with Gasteiger partial charge in [0.2, 0.25) is 0 Å². The fourth-order valence-electron chi connectivity index (χ4n) is 7.39. The molecule has 12 heteroatoms. The molecule has 3 N–H and O–H groups in total. The molecule has 0 saturated carbocycles. The van der Waals surface area contributed by atoms with Crippen molar-refractivity contribution < 1.29 is 29.3 Å². The van der Waals surface area contributed by atoms with Crippen LogP contribution in [0.1, 0.15) is 49.7 Å². The highest BCUT2D eigenvalue weighted by atomic mass is 16.6. The lowest BCUT2D eigenvalue weighted by atomic mass is 9.91. The Labute approximate surface area is 271 Å². The average molecular weight is 630 g/mol. The van der Waals surface area contributed by atoms with Crippen LogP contribution in [0.3, 0.4) is 0 Å². The molecule has 46 heavy (non-hydrogen) atoms. The van der Waals surface area contributed by atoms with Crippen molar-refractivity contribution in [3.8, 4) is 5.75 Å². The third-order valence-electron chi connectivity index (χ3n) is 10.1. The van der Waals surface area contributed by atoms with Crippen molar-refractivity contribution in [2.75, 3.05) is 51.1 Å². The van der Waals surface area contributed by atoms with Gasteiger partial charge in [0.1, 0.15) is 13.6 Å². The van der Waals surface area contributed by atoms with Crippen molar-refractivity contribution in [2.45, 2.75) is 75.7 Å². The van der Waals surface area contributed by atoms with Gasteiger partial charge in [-0.25, -0.2) is 9.59 Å². The number of phenols is 1. The number of ether oxygens (including phenoxy) is 1. The summed E-state index contributed by atoms with van der Waals surface area (Å²) in [4.78, 5) is 48.0. The predicted molar refractivity (Wildman–Crippen MR) is 174 cm³/mol. The van der Waals surface area contributed by atoms with Crippen LogP contribution in [-0.2, 0) is 22.4 Å². The number of piperidine rings is 3. The van der Waals surface area contributed by atoms with Gasteiger partial charge in [-0.3, -0.25) is 9.69 Å². The minimum Gasteiger partial charge on any atom is -0.509 e. The molecule has 4 aliphatic rings. The predicted octanol–water partition coefficient (Wildman–Crippen LogP) is 2.24. The number of fused-ring (bicyclic) bond motifs is 1. The largest absolute Gasteiger partial charge is 0.509 e. The van der Waals surface area contributed by atoms with Crippen LogP contribution in [0.4, 0.5) is 15.3 Å². The number of para-hydroxylation sites is 1. The van der Waals surface area contributed by atoms with Crippen LogP contribution in [0.15, 0.2) is 42.5 Å². The molecule has 2 aromatic rings. The van der Waals surface area contributed by atoms with Gasteiger partial charge < -0.3 is 35.0 Å². The summed E-state index contributed by atoms with van der Waals surface area (Å²) in [6, 6.07) is 12.8. The maximum Gasteiger partial charge on any atom is 0.410 e. The number of aliphatic hydroxyl groups is 1. The zero-order valence-electron chi connectivity index (χ0n) is 26.4. The lowest BCUT2D eigenvalue weighted by Gasteiger charge is -2.42. The normalized spacial score (nSPS) is 22.5. The number of hydrogen-bond donors (Lipinski definition) is 3. The number of anilines is 1. The van der Waals surface area contributed by atoms with E-state index in [2.05, 4.69) is 10.2 Å². The summed E-state index contributed by atoms with van der Waals surface area (Å²) in [6.45, 7) is 4.18. The number of β-amino-alcohol motifs (C(OH)–C–C–N with tert-alkyl or cyclic N) is 1. The van der Waals surface area contributed by atoms with Gasteiger partial charge in [0.25, 0.3) is 5.91 Å².